The molecular formula is C14H25N. The molecule has 0 bridgehead atoms. The van der Waals surface area contributed by atoms with Gasteiger partial charge in [0.2, 0.25) is 0 Å². The Morgan fingerprint density at radius 3 is 2.47 bits per heavy atom. The highest BCUT2D eigenvalue weighted by molar-refractivity contribution is 5.55. The van der Waals surface area contributed by atoms with Crippen LogP contribution in [-0.2, 0) is 0 Å². The van der Waals surface area contributed by atoms with E-state index in [1.165, 1.54) is 24.8 Å². The molecule has 0 aromatic rings. The van der Waals surface area contributed by atoms with Gasteiger partial charge in [-0.05, 0) is 44.8 Å². The average molecular weight is 207 g/mol. The summed E-state index contributed by atoms with van der Waals surface area (Å²) in [6.07, 6.45) is 10.1. The van der Waals surface area contributed by atoms with Crippen molar-refractivity contribution in [3.63, 3.8) is 0 Å². The zero-order valence-corrected chi connectivity index (χ0v) is 10.9. The molecule has 86 valence electrons. The SMILES string of the molecule is CC=N/C(C)=C\C(=C/C)C(C)CCCC. The fourth-order valence-corrected chi connectivity index (χ4v) is 1.67. The van der Waals surface area contributed by atoms with Gasteiger partial charge in [-0.1, -0.05) is 32.8 Å². The maximum absolute atomic E-state index is 4.27. The predicted octanol–water partition coefficient (Wildman–Crippen LogP) is 4.75. The fourth-order valence-electron chi connectivity index (χ4n) is 1.67. The third-order valence-corrected chi connectivity index (χ3v) is 2.60. The zero-order chi connectivity index (χ0) is 11.7. The third kappa shape index (κ3) is 6.27. The quantitative estimate of drug-likeness (QED) is 0.440. The normalized spacial score (nSPS) is 16.1. The first-order chi connectivity index (χ1) is 7.15. The van der Waals surface area contributed by atoms with Crippen LogP contribution < -0.4 is 0 Å². The van der Waals surface area contributed by atoms with Crippen molar-refractivity contribution in [1.29, 1.82) is 0 Å². The fraction of sp³-hybridized carbons (Fsp3) is 0.643. The molecule has 0 spiro atoms. The van der Waals surface area contributed by atoms with E-state index < -0.39 is 0 Å². The summed E-state index contributed by atoms with van der Waals surface area (Å²) in [6.45, 7) is 10.6. The van der Waals surface area contributed by atoms with Gasteiger partial charge in [-0.3, -0.25) is 4.99 Å². The molecule has 0 aliphatic carbocycles. The first-order valence-electron chi connectivity index (χ1n) is 5.98. The van der Waals surface area contributed by atoms with Gasteiger partial charge >= 0.3 is 0 Å². The van der Waals surface area contributed by atoms with Gasteiger partial charge in [0, 0.05) is 11.9 Å². The van der Waals surface area contributed by atoms with E-state index >= 15 is 0 Å². The standard InChI is InChI=1S/C14H25N/c1-6-9-10-12(4)14(7-2)11-13(5)15-8-3/h7-8,11-12H,6,9-10H2,1-5H3/b13-11-,14-7+,15-8?. The van der Waals surface area contributed by atoms with Crippen LogP contribution in [0, 0.1) is 5.92 Å². The minimum Gasteiger partial charge on any atom is -0.266 e. The minimum absolute atomic E-state index is 0.650. The van der Waals surface area contributed by atoms with Crippen molar-refractivity contribution >= 4 is 6.21 Å². The van der Waals surface area contributed by atoms with E-state index in [0.717, 1.165) is 5.70 Å². The topological polar surface area (TPSA) is 12.4 Å². The molecule has 15 heavy (non-hydrogen) atoms. The molecular weight excluding hydrogens is 182 g/mol. The summed E-state index contributed by atoms with van der Waals surface area (Å²) < 4.78 is 0. The van der Waals surface area contributed by atoms with Crippen molar-refractivity contribution in [2.75, 3.05) is 0 Å². The first-order valence-corrected chi connectivity index (χ1v) is 5.98. The van der Waals surface area contributed by atoms with Gasteiger partial charge < -0.3 is 0 Å². The Balaban J connectivity index is 4.43. The Morgan fingerprint density at radius 1 is 1.33 bits per heavy atom. The minimum atomic E-state index is 0.650. The highest BCUT2D eigenvalue weighted by Gasteiger charge is 2.05. The number of allylic oxidation sites excluding steroid dienone is 4. The van der Waals surface area contributed by atoms with E-state index in [0.29, 0.717) is 5.92 Å². The molecule has 0 N–H and O–H groups in total. The van der Waals surface area contributed by atoms with E-state index in [1.54, 1.807) is 0 Å². The molecule has 0 heterocycles. The van der Waals surface area contributed by atoms with Crippen molar-refractivity contribution in [3.05, 3.63) is 23.4 Å². The number of unbranched alkanes of at least 4 members (excludes halogenated alkanes) is 1. The smallest absolute Gasteiger partial charge is 0.0371 e. The van der Waals surface area contributed by atoms with E-state index in [9.17, 15) is 0 Å². The van der Waals surface area contributed by atoms with E-state index in [2.05, 4.69) is 44.8 Å². The lowest BCUT2D eigenvalue weighted by Gasteiger charge is -2.12. The Kier molecular flexibility index (Phi) is 7.98. The molecule has 1 unspecified atom stereocenters. The molecule has 0 aromatic heterocycles. The van der Waals surface area contributed by atoms with E-state index in [4.69, 9.17) is 0 Å². The van der Waals surface area contributed by atoms with Crippen LogP contribution in [0.5, 0.6) is 0 Å². The summed E-state index contributed by atoms with van der Waals surface area (Å²) in [5.41, 5.74) is 2.50. The van der Waals surface area contributed by atoms with Crippen molar-refractivity contribution in [2.45, 2.75) is 53.9 Å². The van der Waals surface area contributed by atoms with Crippen LogP contribution in [0.3, 0.4) is 0 Å². The zero-order valence-electron chi connectivity index (χ0n) is 10.9. The Morgan fingerprint density at radius 2 is 2.00 bits per heavy atom. The van der Waals surface area contributed by atoms with Gasteiger partial charge in [-0.2, -0.15) is 0 Å². The highest BCUT2D eigenvalue weighted by atomic mass is 14.7. The van der Waals surface area contributed by atoms with Gasteiger partial charge in [0.05, 0.1) is 0 Å². The monoisotopic (exact) mass is 207 g/mol. The molecule has 0 rings (SSSR count). The molecule has 0 saturated carbocycles. The lowest BCUT2D eigenvalue weighted by Crippen LogP contribution is -1.97. The highest BCUT2D eigenvalue weighted by Crippen LogP contribution is 2.20. The molecule has 0 amide bonds. The average Bonchev–Trinajstić information content (AvgIpc) is 2.22. The Labute approximate surface area is 95.0 Å². The molecule has 0 fully saturated rings. The largest absolute Gasteiger partial charge is 0.266 e. The lowest BCUT2D eigenvalue weighted by atomic mass is 9.94. The molecule has 1 nitrogen and oxygen atoms in total. The summed E-state index contributed by atoms with van der Waals surface area (Å²) in [7, 11) is 0. The summed E-state index contributed by atoms with van der Waals surface area (Å²) >= 11 is 0. The predicted molar refractivity (Wildman–Crippen MR) is 70.4 cm³/mol. The molecule has 0 saturated heterocycles. The van der Waals surface area contributed by atoms with Crippen LogP contribution >= 0.6 is 0 Å². The molecule has 0 aliphatic rings. The number of nitrogens with zero attached hydrogens (tertiary/aromatic N) is 1. The van der Waals surface area contributed by atoms with Gasteiger partial charge in [0.1, 0.15) is 0 Å². The van der Waals surface area contributed by atoms with Crippen LogP contribution in [0.2, 0.25) is 0 Å². The van der Waals surface area contributed by atoms with Gasteiger partial charge in [-0.25, -0.2) is 0 Å². The van der Waals surface area contributed by atoms with Gasteiger partial charge in [-0.15, -0.1) is 0 Å². The molecule has 1 atom stereocenters. The van der Waals surface area contributed by atoms with Crippen molar-refractivity contribution in [3.8, 4) is 0 Å². The summed E-state index contributed by atoms with van der Waals surface area (Å²) in [6, 6.07) is 0. The second kappa shape index (κ2) is 8.46. The number of hydrogen-bond donors (Lipinski definition) is 0. The van der Waals surface area contributed by atoms with Crippen molar-refractivity contribution in [1.82, 2.24) is 0 Å². The van der Waals surface area contributed by atoms with Crippen molar-refractivity contribution < 1.29 is 0 Å². The maximum atomic E-state index is 4.27. The number of aliphatic imine (C=N–C) groups is 1. The molecule has 1 heteroatoms. The molecule has 0 aromatic carbocycles. The summed E-state index contributed by atoms with van der Waals surface area (Å²) in [4.78, 5) is 4.27. The van der Waals surface area contributed by atoms with Crippen LogP contribution in [0.15, 0.2) is 28.4 Å². The van der Waals surface area contributed by atoms with Crippen LogP contribution in [0.4, 0.5) is 0 Å². The van der Waals surface area contributed by atoms with Crippen LogP contribution in [0.1, 0.15) is 53.9 Å². The Bertz CT molecular complexity index is 246. The van der Waals surface area contributed by atoms with Crippen molar-refractivity contribution in [2.24, 2.45) is 10.9 Å². The molecule has 0 aliphatic heterocycles. The second-order valence-electron chi connectivity index (χ2n) is 4.00. The van der Waals surface area contributed by atoms with E-state index in [-0.39, 0.29) is 0 Å². The second-order valence-corrected chi connectivity index (χ2v) is 4.00. The summed E-state index contributed by atoms with van der Waals surface area (Å²) in [5.74, 6) is 0.650. The number of rotatable bonds is 6. The van der Waals surface area contributed by atoms with E-state index in [1.807, 2.05) is 13.1 Å². The summed E-state index contributed by atoms with van der Waals surface area (Å²) in [5, 5.41) is 0. The van der Waals surface area contributed by atoms with Gasteiger partial charge in [0.25, 0.3) is 0 Å². The van der Waals surface area contributed by atoms with Gasteiger partial charge in [0.15, 0.2) is 0 Å². The first kappa shape index (κ1) is 14.2. The lowest BCUT2D eigenvalue weighted by molar-refractivity contribution is 0.580. The third-order valence-electron chi connectivity index (χ3n) is 2.60. The Hall–Kier alpha value is -0.850. The maximum Gasteiger partial charge on any atom is 0.0371 e. The van der Waals surface area contributed by atoms with Crippen LogP contribution in [0.25, 0.3) is 0 Å². The van der Waals surface area contributed by atoms with Crippen LogP contribution in [-0.4, -0.2) is 6.21 Å². The molecule has 0 radical (unpaired) electrons. The number of hydrogen-bond acceptors (Lipinski definition) is 1.